The predicted molar refractivity (Wildman–Crippen MR) is 104 cm³/mol. The van der Waals surface area contributed by atoms with Gasteiger partial charge < -0.3 is 0 Å². The third kappa shape index (κ3) is 3.17. The summed E-state index contributed by atoms with van der Waals surface area (Å²) in [5.41, 5.74) is 2.35. The van der Waals surface area contributed by atoms with Crippen molar-refractivity contribution in [1.29, 1.82) is 0 Å². The molecule has 2 aliphatic rings. The van der Waals surface area contributed by atoms with Crippen molar-refractivity contribution in [3.8, 4) is 0 Å². The molecule has 1 aliphatic carbocycles. The van der Waals surface area contributed by atoms with E-state index in [1.54, 1.807) is 0 Å². The van der Waals surface area contributed by atoms with Gasteiger partial charge in [-0.2, -0.15) is 5.10 Å². The number of carbonyl (C=O) groups is 3. The number of fused-ring (bicyclic) bond motifs is 1. The van der Waals surface area contributed by atoms with Gasteiger partial charge in [-0.3, -0.25) is 19.3 Å². The molecule has 2 aromatic rings. The van der Waals surface area contributed by atoms with Crippen LogP contribution in [-0.4, -0.2) is 38.4 Å². The Kier molecular flexibility index (Phi) is 4.87. The van der Waals surface area contributed by atoms with Crippen LogP contribution in [0.1, 0.15) is 47.4 Å². The second-order valence-electron chi connectivity index (χ2n) is 7.93. The SMILES string of the molecule is Cc1cc(C)n(C(=O)[C@H](Cc2ccccc2)N2C(=O)[C@H]3CCCC[C@H]3C2=O)n1. The molecular formula is C22H25N3O3. The van der Waals surface area contributed by atoms with Crippen molar-refractivity contribution in [2.75, 3.05) is 0 Å². The number of hydrogen-bond donors (Lipinski definition) is 0. The maximum Gasteiger partial charge on any atom is 0.270 e. The van der Waals surface area contributed by atoms with E-state index in [2.05, 4.69) is 5.10 Å². The summed E-state index contributed by atoms with van der Waals surface area (Å²) in [5.74, 6) is -1.24. The lowest BCUT2D eigenvalue weighted by molar-refractivity contribution is -0.141. The topological polar surface area (TPSA) is 72.3 Å². The number of nitrogens with zero attached hydrogens (tertiary/aromatic N) is 3. The van der Waals surface area contributed by atoms with Crippen LogP contribution in [0.2, 0.25) is 0 Å². The van der Waals surface area contributed by atoms with Gasteiger partial charge in [-0.25, -0.2) is 4.68 Å². The fourth-order valence-corrected chi connectivity index (χ4v) is 4.61. The van der Waals surface area contributed by atoms with Crippen molar-refractivity contribution in [1.82, 2.24) is 14.7 Å². The van der Waals surface area contributed by atoms with E-state index in [9.17, 15) is 14.4 Å². The number of rotatable bonds is 4. The Hall–Kier alpha value is -2.76. The summed E-state index contributed by atoms with van der Waals surface area (Å²) < 4.78 is 1.34. The summed E-state index contributed by atoms with van der Waals surface area (Å²) in [7, 11) is 0. The molecule has 0 bridgehead atoms. The molecule has 6 heteroatoms. The molecule has 1 aliphatic heterocycles. The highest BCUT2D eigenvalue weighted by molar-refractivity contribution is 6.08. The number of likely N-dealkylation sites (tertiary alicyclic amines) is 1. The normalized spacial score (nSPS) is 23.0. The first-order chi connectivity index (χ1) is 13.5. The zero-order valence-electron chi connectivity index (χ0n) is 16.3. The van der Waals surface area contributed by atoms with Gasteiger partial charge >= 0.3 is 0 Å². The lowest BCUT2D eigenvalue weighted by atomic mass is 9.81. The minimum absolute atomic E-state index is 0.189. The maximum absolute atomic E-state index is 13.4. The molecule has 1 aromatic carbocycles. The number of amides is 2. The highest BCUT2D eigenvalue weighted by Crippen LogP contribution is 2.39. The van der Waals surface area contributed by atoms with E-state index in [0.717, 1.165) is 36.9 Å². The first kappa shape index (κ1) is 18.6. The Morgan fingerprint density at radius 2 is 1.68 bits per heavy atom. The summed E-state index contributed by atoms with van der Waals surface area (Å²) in [6.07, 6.45) is 3.69. The van der Waals surface area contributed by atoms with Crippen LogP contribution in [0.5, 0.6) is 0 Å². The smallest absolute Gasteiger partial charge is 0.270 e. The Balaban J connectivity index is 1.72. The number of aromatic nitrogens is 2. The molecule has 0 radical (unpaired) electrons. The lowest BCUT2D eigenvalue weighted by Gasteiger charge is -2.26. The zero-order valence-corrected chi connectivity index (χ0v) is 16.3. The summed E-state index contributed by atoms with van der Waals surface area (Å²) in [4.78, 5) is 40.9. The van der Waals surface area contributed by atoms with E-state index in [1.165, 1.54) is 9.58 Å². The van der Waals surface area contributed by atoms with Crippen molar-refractivity contribution < 1.29 is 14.4 Å². The van der Waals surface area contributed by atoms with E-state index in [0.29, 0.717) is 12.1 Å². The molecule has 4 rings (SSSR count). The molecule has 28 heavy (non-hydrogen) atoms. The summed E-state index contributed by atoms with van der Waals surface area (Å²) in [6.45, 7) is 3.63. The van der Waals surface area contributed by atoms with Crippen molar-refractivity contribution in [3.05, 3.63) is 53.3 Å². The molecule has 6 nitrogen and oxygen atoms in total. The van der Waals surface area contributed by atoms with Crippen LogP contribution in [-0.2, 0) is 16.0 Å². The average Bonchev–Trinajstić information content (AvgIpc) is 3.17. The summed E-state index contributed by atoms with van der Waals surface area (Å²) in [6, 6.07) is 10.5. The first-order valence-electron chi connectivity index (χ1n) is 9.95. The van der Waals surface area contributed by atoms with Crippen LogP contribution in [0.4, 0.5) is 0 Å². The standard InChI is InChI=1S/C22H25N3O3/c1-14-12-15(2)25(23-14)22(28)19(13-16-8-4-3-5-9-16)24-20(26)17-10-6-7-11-18(17)21(24)27/h3-5,8-9,12,17-19H,6-7,10-11,13H2,1-2H3/t17-,18+,19-/m0/s1. The van der Waals surface area contributed by atoms with Crippen LogP contribution in [0.15, 0.2) is 36.4 Å². The van der Waals surface area contributed by atoms with Gasteiger partial charge in [0.15, 0.2) is 0 Å². The van der Waals surface area contributed by atoms with Gasteiger partial charge in [0, 0.05) is 12.1 Å². The van der Waals surface area contributed by atoms with Crippen molar-refractivity contribution >= 4 is 17.7 Å². The van der Waals surface area contributed by atoms with Crippen LogP contribution >= 0.6 is 0 Å². The molecule has 146 valence electrons. The van der Waals surface area contributed by atoms with Gasteiger partial charge in [-0.1, -0.05) is 43.2 Å². The lowest BCUT2D eigenvalue weighted by Crippen LogP contribution is -2.49. The van der Waals surface area contributed by atoms with Crippen LogP contribution < -0.4 is 0 Å². The summed E-state index contributed by atoms with van der Waals surface area (Å²) >= 11 is 0. The van der Waals surface area contributed by atoms with Gasteiger partial charge in [0.25, 0.3) is 5.91 Å². The fraction of sp³-hybridized carbons (Fsp3) is 0.455. The Morgan fingerprint density at radius 1 is 1.07 bits per heavy atom. The maximum atomic E-state index is 13.4. The number of carbonyl (C=O) groups excluding carboxylic acids is 3. The third-order valence-electron chi connectivity index (χ3n) is 5.96. The molecule has 1 saturated carbocycles. The average molecular weight is 379 g/mol. The molecular weight excluding hydrogens is 354 g/mol. The van der Waals surface area contributed by atoms with Gasteiger partial charge in [0.1, 0.15) is 6.04 Å². The van der Waals surface area contributed by atoms with Gasteiger partial charge in [-0.05, 0) is 38.3 Å². The van der Waals surface area contributed by atoms with E-state index >= 15 is 0 Å². The van der Waals surface area contributed by atoms with Gasteiger partial charge in [-0.15, -0.1) is 0 Å². The number of hydrogen-bond acceptors (Lipinski definition) is 4. The van der Waals surface area contributed by atoms with E-state index in [4.69, 9.17) is 0 Å². The zero-order chi connectivity index (χ0) is 19.8. The number of benzene rings is 1. The molecule has 0 N–H and O–H groups in total. The molecule has 0 spiro atoms. The van der Waals surface area contributed by atoms with Crippen LogP contribution in [0.25, 0.3) is 0 Å². The molecule has 2 heterocycles. The second-order valence-corrected chi connectivity index (χ2v) is 7.93. The van der Waals surface area contributed by atoms with E-state index < -0.39 is 6.04 Å². The van der Waals surface area contributed by atoms with Crippen molar-refractivity contribution in [2.24, 2.45) is 11.8 Å². The summed E-state index contributed by atoms with van der Waals surface area (Å²) in [5, 5.41) is 4.30. The second kappa shape index (κ2) is 7.34. The van der Waals surface area contributed by atoms with E-state index in [-0.39, 0.29) is 29.6 Å². The number of aryl methyl sites for hydroxylation is 2. The third-order valence-corrected chi connectivity index (χ3v) is 5.96. The first-order valence-corrected chi connectivity index (χ1v) is 9.95. The highest BCUT2D eigenvalue weighted by atomic mass is 16.2. The fourth-order valence-electron chi connectivity index (χ4n) is 4.61. The Labute approximate surface area is 164 Å². The number of imide groups is 1. The monoisotopic (exact) mass is 379 g/mol. The molecule has 1 saturated heterocycles. The predicted octanol–water partition coefficient (Wildman–Crippen LogP) is 2.93. The Bertz CT molecular complexity index is 894. The molecule has 0 unspecified atom stereocenters. The molecule has 2 fully saturated rings. The minimum Gasteiger partial charge on any atom is -0.274 e. The molecule has 1 aromatic heterocycles. The van der Waals surface area contributed by atoms with Crippen LogP contribution in [0, 0.1) is 25.7 Å². The highest BCUT2D eigenvalue weighted by Gasteiger charge is 2.52. The molecule has 2 amide bonds. The van der Waals surface area contributed by atoms with E-state index in [1.807, 2.05) is 50.2 Å². The minimum atomic E-state index is -0.869. The van der Waals surface area contributed by atoms with Gasteiger partial charge in [0.05, 0.1) is 17.5 Å². The van der Waals surface area contributed by atoms with Crippen LogP contribution in [0.3, 0.4) is 0 Å². The van der Waals surface area contributed by atoms with Crippen molar-refractivity contribution in [3.63, 3.8) is 0 Å². The largest absolute Gasteiger partial charge is 0.274 e. The van der Waals surface area contributed by atoms with Gasteiger partial charge in [0.2, 0.25) is 11.8 Å². The van der Waals surface area contributed by atoms with Crippen molar-refractivity contribution in [2.45, 2.75) is 52.0 Å². The quantitative estimate of drug-likeness (QED) is 0.766. The molecule has 3 atom stereocenters. The Morgan fingerprint density at radius 3 is 2.21 bits per heavy atom.